The van der Waals surface area contributed by atoms with Crippen molar-refractivity contribution in [2.75, 3.05) is 21.9 Å². The van der Waals surface area contributed by atoms with Gasteiger partial charge in [0.2, 0.25) is 0 Å². The van der Waals surface area contributed by atoms with E-state index in [1.54, 1.807) is 30.1 Å². The number of anilines is 2. The molecule has 0 saturated carbocycles. The molecule has 0 atom stereocenters. The number of amides is 1. The minimum absolute atomic E-state index is 0.253. The Labute approximate surface area is 173 Å². The predicted molar refractivity (Wildman–Crippen MR) is 114 cm³/mol. The number of rotatable bonds is 4. The Bertz CT molecular complexity index is 836. The zero-order valence-electron chi connectivity index (χ0n) is 14.5. The lowest BCUT2D eigenvalue weighted by molar-refractivity contribution is 0.102. The molecule has 3 nitrogen and oxygen atoms in total. The summed E-state index contributed by atoms with van der Waals surface area (Å²) in [5, 5.41) is 4.09. The van der Waals surface area contributed by atoms with Crippen LogP contribution in [0.25, 0.3) is 0 Å². The molecule has 1 aliphatic heterocycles. The molecule has 0 radical (unpaired) electrons. The maximum absolute atomic E-state index is 12.8. The monoisotopic (exact) mass is 428 g/mol. The van der Waals surface area contributed by atoms with Gasteiger partial charge >= 0.3 is 0 Å². The zero-order chi connectivity index (χ0) is 18.8. The number of hydrogen-bond donors (Lipinski definition) is 1. The molecule has 0 aromatic heterocycles. The van der Waals surface area contributed by atoms with Crippen molar-refractivity contribution in [1.29, 1.82) is 0 Å². The maximum atomic E-state index is 12.8. The highest BCUT2D eigenvalue weighted by Gasteiger charge is 2.20. The van der Waals surface area contributed by atoms with Gasteiger partial charge < -0.3 is 9.62 Å². The molecule has 1 aliphatic rings. The van der Waals surface area contributed by atoms with Gasteiger partial charge in [-0.15, -0.1) is 0 Å². The van der Waals surface area contributed by atoms with Crippen LogP contribution in [-0.4, -0.2) is 18.2 Å². The first-order chi connectivity index (χ1) is 12.3. The van der Waals surface area contributed by atoms with Crippen LogP contribution in [0.2, 0.25) is 15.1 Å². The summed E-state index contributed by atoms with van der Waals surface area (Å²) in [6.07, 6.45) is 1.10. The van der Waals surface area contributed by atoms with Crippen molar-refractivity contribution in [3.8, 4) is 0 Å². The first-order valence-corrected chi connectivity index (χ1v) is 10.4. The molecule has 7 heteroatoms. The van der Waals surface area contributed by atoms with E-state index < -0.39 is 0 Å². The summed E-state index contributed by atoms with van der Waals surface area (Å²) < 4.78 is 2.13. The summed E-state index contributed by atoms with van der Waals surface area (Å²) in [6.45, 7) is 5.08. The van der Waals surface area contributed by atoms with E-state index in [4.69, 9.17) is 34.8 Å². The van der Waals surface area contributed by atoms with E-state index in [-0.39, 0.29) is 10.9 Å². The average Bonchev–Trinajstić information content (AvgIpc) is 3.11. The van der Waals surface area contributed by atoms with E-state index in [0.717, 1.165) is 30.0 Å². The van der Waals surface area contributed by atoms with Gasteiger partial charge in [-0.2, -0.15) is 0 Å². The van der Waals surface area contributed by atoms with Crippen molar-refractivity contribution < 1.29 is 4.79 Å². The standard InChI is InChI=1S/C19H19Cl3N2OS/c1-11(2)12-6-13(20)8-14(7-12)23-19(25)16-9-15(10-17(21)18(16)22)24-4-3-5-26-24/h6-11H,3-5H2,1-2H3,(H,23,25). The van der Waals surface area contributed by atoms with Crippen molar-refractivity contribution in [2.45, 2.75) is 26.2 Å². The second-order valence-corrected chi connectivity index (χ2v) is 8.79. The minimum Gasteiger partial charge on any atom is -0.322 e. The van der Waals surface area contributed by atoms with Gasteiger partial charge in [0.25, 0.3) is 5.91 Å². The number of benzene rings is 2. The van der Waals surface area contributed by atoms with Gasteiger partial charge in [0.05, 0.1) is 15.6 Å². The number of halogens is 3. The van der Waals surface area contributed by atoms with E-state index >= 15 is 0 Å². The summed E-state index contributed by atoms with van der Waals surface area (Å²) in [7, 11) is 0. The highest BCUT2D eigenvalue weighted by Crippen LogP contribution is 2.36. The van der Waals surface area contributed by atoms with Crippen LogP contribution < -0.4 is 9.62 Å². The predicted octanol–water partition coefficient (Wildman–Crippen LogP) is 6.88. The van der Waals surface area contributed by atoms with Crippen LogP contribution in [0.4, 0.5) is 11.4 Å². The second-order valence-electron chi connectivity index (χ2n) is 6.46. The molecule has 0 spiro atoms. The number of nitrogens with zero attached hydrogens (tertiary/aromatic N) is 1. The van der Waals surface area contributed by atoms with Crippen LogP contribution in [0.15, 0.2) is 30.3 Å². The molecule has 138 valence electrons. The molecule has 1 fully saturated rings. The molecule has 3 rings (SSSR count). The Balaban J connectivity index is 1.90. The molecule has 0 bridgehead atoms. The fraction of sp³-hybridized carbons (Fsp3) is 0.316. The number of carbonyl (C=O) groups excluding carboxylic acids is 1. The Morgan fingerprint density at radius 2 is 1.92 bits per heavy atom. The first-order valence-electron chi connectivity index (χ1n) is 8.36. The van der Waals surface area contributed by atoms with Crippen LogP contribution >= 0.6 is 46.8 Å². The molecule has 1 N–H and O–H groups in total. The van der Waals surface area contributed by atoms with Crippen molar-refractivity contribution in [3.63, 3.8) is 0 Å². The third-order valence-electron chi connectivity index (χ3n) is 4.14. The molecule has 1 heterocycles. The molecule has 1 saturated heterocycles. The van der Waals surface area contributed by atoms with Gasteiger partial charge in [-0.25, -0.2) is 0 Å². The fourth-order valence-electron chi connectivity index (χ4n) is 2.75. The lowest BCUT2D eigenvalue weighted by Gasteiger charge is -2.18. The van der Waals surface area contributed by atoms with Gasteiger partial charge in [0, 0.05) is 28.7 Å². The summed E-state index contributed by atoms with van der Waals surface area (Å²) in [6, 6.07) is 9.13. The molecule has 0 aliphatic carbocycles. The smallest absolute Gasteiger partial charge is 0.257 e. The van der Waals surface area contributed by atoms with Crippen LogP contribution in [-0.2, 0) is 0 Å². The summed E-state index contributed by atoms with van der Waals surface area (Å²) >= 11 is 20.5. The second kappa shape index (κ2) is 8.30. The zero-order valence-corrected chi connectivity index (χ0v) is 17.6. The maximum Gasteiger partial charge on any atom is 0.257 e. The quantitative estimate of drug-likeness (QED) is 0.537. The number of carbonyl (C=O) groups is 1. The van der Waals surface area contributed by atoms with Crippen molar-refractivity contribution in [3.05, 3.63) is 56.5 Å². The van der Waals surface area contributed by atoms with E-state index in [1.165, 1.54) is 0 Å². The van der Waals surface area contributed by atoms with Crippen molar-refractivity contribution in [2.24, 2.45) is 0 Å². The van der Waals surface area contributed by atoms with E-state index in [1.807, 2.05) is 12.1 Å². The largest absolute Gasteiger partial charge is 0.322 e. The third kappa shape index (κ3) is 4.42. The molecule has 1 amide bonds. The lowest BCUT2D eigenvalue weighted by atomic mass is 10.0. The van der Waals surface area contributed by atoms with E-state index in [2.05, 4.69) is 23.5 Å². The molecular weight excluding hydrogens is 411 g/mol. The molecule has 2 aromatic carbocycles. The number of hydrogen-bond acceptors (Lipinski definition) is 3. The van der Waals surface area contributed by atoms with Gasteiger partial charge in [0.15, 0.2) is 0 Å². The SMILES string of the molecule is CC(C)c1cc(Cl)cc(NC(=O)c2cc(N3CCCS3)cc(Cl)c2Cl)c1. The Morgan fingerprint density at radius 3 is 2.58 bits per heavy atom. The topological polar surface area (TPSA) is 32.3 Å². The number of nitrogens with one attached hydrogen (secondary N) is 1. The van der Waals surface area contributed by atoms with Gasteiger partial charge in [0.1, 0.15) is 0 Å². The lowest BCUT2D eigenvalue weighted by Crippen LogP contribution is -2.15. The normalized spacial score (nSPS) is 14.2. The highest BCUT2D eigenvalue weighted by atomic mass is 35.5. The Hall–Kier alpha value is -1.07. The van der Waals surface area contributed by atoms with Gasteiger partial charge in [-0.1, -0.05) is 48.7 Å². The van der Waals surface area contributed by atoms with Crippen LogP contribution in [0.1, 0.15) is 42.1 Å². The van der Waals surface area contributed by atoms with Crippen molar-refractivity contribution >= 4 is 64.0 Å². The van der Waals surface area contributed by atoms with Crippen LogP contribution in [0, 0.1) is 0 Å². The molecule has 26 heavy (non-hydrogen) atoms. The molecule has 0 unspecified atom stereocenters. The van der Waals surface area contributed by atoms with E-state index in [0.29, 0.717) is 27.2 Å². The Morgan fingerprint density at radius 1 is 1.15 bits per heavy atom. The Kier molecular flexibility index (Phi) is 6.29. The minimum atomic E-state index is -0.306. The van der Waals surface area contributed by atoms with Gasteiger partial charge in [-0.05, 0) is 60.2 Å². The van der Waals surface area contributed by atoms with Crippen LogP contribution in [0.3, 0.4) is 0 Å². The van der Waals surface area contributed by atoms with Crippen LogP contribution in [0.5, 0.6) is 0 Å². The first kappa shape index (κ1) is 19.7. The van der Waals surface area contributed by atoms with Gasteiger partial charge in [-0.3, -0.25) is 4.79 Å². The summed E-state index contributed by atoms with van der Waals surface area (Å²) in [4.78, 5) is 12.8. The third-order valence-corrected chi connectivity index (χ3v) is 6.34. The van der Waals surface area contributed by atoms with Crippen molar-refractivity contribution in [1.82, 2.24) is 0 Å². The molecule has 2 aromatic rings. The average molecular weight is 430 g/mol. The summed E-state index contributed by atoms with van der Waals surface area (Å²) in [5.74, 6) is 1.06. The molecular formula is C19H19Cl3N2OS. The van der Waals surface area contributed by atoms with E-state index in [9.17, 15) is 4.79 Å². The fourth-order valence-corrected chi connectivity index (χ4v) is 4.39. The highest BCUT2D eigenvalue weighted by molar-refractivity contribution is 8.00. The summed E-state index contributed by atoms with van der Waals surface area (Å²) in [5.41, 5.74) is 2.94.